The van der Waals surface area contributed by atoms with E-state index in [0.717, 1.165) is 49.5 Å². The lowest BCUT2D eigenvalue weighted by molar-refractivity contribution is 0.0575. The second-order valence-corrected chi connectivity index (χ2v) is 11.3. The standard InChI is InChI=1S/C30H38F2N2O2/c1-19(2)28(16-20-5-9-23(10-6-20)33-24-11-12-24)34-15-3-4-21-7-13-25(18-26(21)30(34)35)36-29-14-8-22(31)17-27(29)32/h7-8,13-14,17-20,23-24,28,33H,3-6,9-12,15-16H2,1-2H3. The third-order valence-corrected chi connectivity index (χ3v) is 8.18. The number of nitrogens with zero attached hydrogens (tertiary/aromatic N) is 1. The monoisotopic (exact) mass is 496 g/mol. The highest BCUT2D eigenvalue weighted by atomic mass is 19.1. The Kier molecular flexibility index (Phi) is 7.61. The maximum Gasteiger partial charge on any atom is 0.254 e. The number of carbonyl (C=O) groups is 1. The highest BCUT2D eigenvalue weighted by Gasteiger charge is 2.34. The van der Waals surface area contributed by atoms with Gasteiger partial charge in [-0.1, -0.05) is 19.9 Å². The summed E-state index contributed by atoms with van der Waals surface area (Å²) in [6, 6.07) is 10.3. The number of hydrogen-bond acceptors (Lipinski definition) is 3. The number of benzene rings is 2. The lowest BCUT2D eigenvalue weighted by Gasteiger charge is -2.38. The first-order valence-electron chi connectivity index (χ1n) is 13.7. The van der Waals surface area contributed by atoms with Gasteiger partial charge in [0.05, 0.1) is 0 Å². The highest BCUT2D eigenvalue weighted by molar-refractivity contribution is 5.96. The molecular formula is C30H38F2N2O2. The summed E-state index contributed by atoms with van der Waals surface area (Å²) in [5.41, 5.74) is 1.64. The summed E-state index contributed by atoms with van der Waals surface area (Å²) in [5.74, 6) is -0.0277. The smallest absolute Gasteiger partial charge is 0.254 e. The molecule has 4 nitrogen and oxygen atoms in total. The number of fused-ring (bicyclic) bond motifs is 1. The first-order chi connectivity index (χ1) is 17.4. The Morgan fingerprint density at radius 3 is 2.39 bits per heavy atom. The minimum Gasteiger partial charge on any atom is -0.454 e. The Bertz CT molecular complexity index is 1080. The number of hydrogen-bond donors (Lipinski definition) is 1. The molecule has 2 aromatic carbocycles. The molecular weight excluding hydrogens is 458 g/mol. The van der Waals surface area contributed by atoms with Gasteiger partial charge in [0.25, 0.3) is 5.91 Å². The van der Waals surface area contributed by atoms with Crippen LogP contribution < -0.4 is 10.1 Å². The van der Waals surface area contributed by atoms with Crippen LogP contribution in [0.15, 0.2) is 36.4 Å². The summed E-state index contributed by atoms with van der Waals surface area (Å²) in [7, 11) is 0. The molecule has 6 heteroatoms. The quantitative estimate of drug-likeness (QED) is 0.434. The van der Waals surface area contributed by atoms with Gasteiger partial charge in [-0.3, -0.25) is 4.79 Å². The van der Waals surface area contributed by atoms with Gasteiger partial charge in [0.2, 0.25) is 0 Å². The molecule has 0 spiro atoms. The highest BCUT2D eigenvalue weighted by Crippen LogP contribution is 2.35. The summed E-state index contributed by atoms with van der Waals surface area (Å²) in [4.78, 5) is 15.9. The zero-order valence-corrected chi connectivity index (χ0v) is 21.4. The molecule has 1 amide bonds. The molecule has 36 heavy (non-hydrogen) atoms. The normalized spacial score (nSPS) is 23.4. The Morgan fingerprint density at radius 1 is 1.00 bits per heavy atom. The van der Waals surface area contributed by atoms with Gasteiger partial charge < -0.3 is 15.0 Å². The molecule has 0 bridgehead atoms. The van der Waals surface area contributed by atoms with Crippen LogP contribution >= 0.6 is 0 Å². The molecule has 1 N–H and O–H groups in total. The molecule has 1 unspecified atom stereocenters. The predicted molar refractivity (Wildman–Crippen MR) is 137 cm³/mol. The topological polar surface area (TPSA) is 41.6 Å². The molecule has 0 radical (unpaired) electrons. The first kappa shape index (κ1) is 25.2. The Morgan fingerprint density at radius 2 is 1.72 bits per heavy atom. The van der Waals surface area contributed by atoms with Crippen LogP contribution in [0.3, 0.4) is 0 Å². The largest absolute Gasteiger partial charge is 0.454 e. The van der Waals surface area contributed by atoms with Crippen LogP contribution in [0.25, 0.3) is 0 Å². The van der Waals surface area contributed by atoms with Crippen molar-refractivity contribution in [2.24, 2.45) is 11.8 Å². The van der Waals surface area contributed by atoms with Gasteiger partial charge >= 0.3 is 0 Å². The van der Waals surface area contributed by atoms with E-state index in [4.69, 9.17) is 4.74 Å². The van der Waals surface area contributed by atoms with Gasteiger partial charge in [-0.2, -0.15) is 0 Å². The second kappa shape index (κ2) is 10.9. The third kappa shape index (κ3) is 5.91. The van der Waals surface area contributed by atoms with Gasteiger partial charge in [0.1, 0.15) is 11.6 Å². The zero-order valence-electron chi connectivity index (χ0n) is 21.4. The van der Waals surface area contributed by atoms with Gasteiger partial charge in [-0.15, -0.1) is 0 Å². The van der Waals surface area contributed by atoms with Crippen molar-refractivity contribution >= 4 is 5.91 Å². The van der Waals surface area contributed by atoms with Crippen LogP contribution in [0, 0.1) is 23.5 Å². The number of nitrogens with one attached hydrogen (secondary N) is 1. The van der Waals surface area contributed by atoms with Crippen molar-refractivity contribution in [3.63, 3.8) is 0 Å². The molecule has 194 valence electrons. The van der Waals surface area contributed by atoms with E-state index < -0.39 is 11.6 Å². The minimum atomic E-state index is -0.764. The fourth-order valence-corrected chi connectivity index (χ4v) is 5.98. The van der Waals surface area contributed by atoms with E-state index in [1.165, 1.54) is 44.6 Å². The molecule has 0 saturated heterocycles. The van der Waals surface area contributed by atoms with Gasteiger partial charge in [-0.25, -0.2) is 8.78 Å². The summed E-state index contributed by atoms with van der Waals surface area (Å²) in [6.45, 7) is 5.19. The van der Waals surface area contributed by atoms with E-state index in [9.17, 15) is 13.6 Å². The van der Waals surface area contributed by atoms with Crippen molar-refractivity contribution in [3.8, 4) is 11.5 Å². The van der Waals surface area contributed by atoms with Crippen LogP contribution in [0.2, 0.25) is 0 Å². The lowest BCUT2D eigenvalue weighted by Crippen LogP contribution is -2.45. The number of ether oxygens (including phenoxy) is 1. The van der Waals surface area contributed by atoms with Crippen molar-refractivity contribution in [2.45, 2.75) is 89.8 Å². The molecule has 2 saturated carbocycles. The van der Waals surface area contributed by atoms with E-state index in [2.05, 4.69) is 24.1 Å². The van der Waals surface area contributed by atoms with Gasteiger partial charge in [0, 0.05) is 36.3 Å². The molecule has 2 aliphatic carbocycles. The maximum atomic E-state index is 14.1. The molecule has 1 heterocycles. The number of amides is 1. The number of halogens is 2. The summed E-state index contributed by atoms with van der Waals surface area (Å²) < 4.78 is 33.1. The zero-order chi connectivity index (χ0) is 25.2. The molecule has 2 aromatic rings. The molecule has 5 rings (SSSR count). The molecule has 3 aliphatic rings. The number of aryl methyl sites for hydroxylation is 1. The summed E-state index contributed by atoms with van der Waals surface area (Å²) in [5, 5.41) is 3.79. The Hall–Kier alpha value is -2.47. The third-order valence-electron chi connectivity index (χ3n) is 8.18. The first-order valence-corrected chi connectivity index (χ1v) is 13.7. The van der Waals surface area contributed by atoms with Crippen LogP contribution in [0.1, 0.15) is 81.1 Å². The van der Waals surface area contributed by atoms with Crippen molar-refractivity contribution < 1.29 is 18.3 Å². The van der Waals surface area contributed by atoms with Crippen molar-refractivity contribution in [1.82, 2.24) is 10.2 Å². The minimum absolute atomic E-state index is 0.0373. The van der Waals surface area contributed by atoms with Crippen LogP contribution in [-0.4, -0.2) is 35.5 Å². The fourth-order valence-electron chi connectivity index (χ4n) is 5.98. The summed E-state index contributed by atoms with van der Waals surface area (Å²) in [6.07, 6.45) is 10.4. The number of rotatable bonds is 8. The Balaban J connectivity index is 1.29. The Labute approximate surface area is 213 Å². The molecule has 1 atom stereocenters. The van der Waals surface area contributed by atoms with Crippen LogP contribution in [0.5, 0.6) is 11.5 Å². The predicted octanol–water partition coefficient (Wildman–Crippen LogP) is 6.87. The second-order valence-electron chi connectivity index (χ2n) is 11.3. The summed E-state index contributed by atoms with van der Waals surface area (Å²) >= 11 is 0. The average Bonchev–Trinajstić information content (AvgIpc) is 3.68. The number of carbonyl (C=O) groups excluding carboxylic acids is 1. The molecule has 2 fully saturated rings. The van der Waals surface area contributed by atoms with Crippen LogP contribution in [-0.2, 0) is 6.42 Å². The van der Waals surface area contributed by atoms with Crippen molar-refractivity contribution in [1.29, 1.82) is 0 Å². The molecule has 1 aliphatic heterocycles. The SMILES string of the molecule is CC(C)C(CC1CCC(NC2CC2)CC1)N1CCCc2ccc(Oc3ccc(F)cc3F)cc2C1=O. The molecule has 0 aromatic heterocycles. The van der Waals surface area contributed by atoms with Crippen LogP contribution in [0.4, 0.5) is 8.78 Å². The lowest BCUT2D eigenvalue weighted by atomic mass is 9.80. The maximum absolute atomic E-state index is 14.1. The van der Waals surface area contributed by atoms with Crippen molar-refractivity contribution in [2.75, 3.05) is 6.54 Å². The fraction of sp³-hybridized carbons (Fsp3) is 0.567. The van der Waals surface area contributed by atoms with E-state index in [1.807, 2.05) is 6.07 Å². The van der Waals surface area contributed by atoms with E-state index >= 15 is 0 Å². The van der Waals surface area contributed by atoms with E-state index in [1.54, 1.807) is 12.1 Å². The van der Waals surface area contributed by atoms with E-state index in [0.29, 0.717) is 29.2 Å². The average molecular weight is 497 g/mol. The van der Waals surface area contributed by atoms with Crippen molar-refractivity contribution in [3.05, 3.63) is 59.2 Å². The van der Waals surface area contributed by atoms with Gasteiger partial charge in [-0.05, 0) is 99.5 Å². The van der Waals surface area contributed by atoms with Gasteiger partial charge in [0.15, 0.2) is 11.6 Å². The van der Waals surface area contributed by atoms with E-state index in [-0.39, 0.29) is 17.7 Å².